The Labute approximate surface area is 103 Å². The summed E-state index contributed by atoms with van der Waals surface area (Å²) in [6.45, 7) is 1.56. The van der Waals surface area contributed by atoms with Gasteiger partial charge in [0.2, 0.25) is 0 Å². The van der Waals surface area contributed by atoms with E-state index in [0.29, 0.717) is 11.3 Å². The molecule has 0 radical (unpaired) electrons. The van der Waals surface area contributed by atoms with Gasteiger partial charge in [-0.05, 0) is 19.1 Å². The van der Waals surface area contributed by atoms with Crippen LogP contribution in [-0.4, -0.2) is 15.5 Å². The standard InChI is InChI=1S/C10H10Cl3NO/c1-6(11)10(12,13)9(15)7-3-2-4-8(14)5-7/h2-6H,14H2,1H3. The number of benzene rings is 1. The monoisotopic (exact) mass is 265 g/mol. The first-order valence-electron chi connectivity index (χ1n) is 4.28. The molecule has 0 aliphatic heterocycles. The molecule has 0 bridgehead atoms. The van der Waals surface area contributed by atoms with Crippen molar-refractivity contribution in [1.82, 2.24) is 0 Å². The van der Waals surface area contributed by atoms with Crippen molar-refractivity contribution in [1.29, 1.82) is 0 Å². The number of nitrogen functional groups attached to an aromatic ring is 1. The smallest absolute Gasteiger partial charge is 0.200 e. The van der Waals surface area contributed by atoms with Gasteiger partial charge in [-0.1, -0.05) is 35.3 Å². The fourth-order valence-corrected chi connectivity index (χ4v) is 1.37. The van der Waals surface area contributed by atoms with E-state index in [9.17, 15) is 4.79 Å². The number of hydrogen-bond acceptors (Lipinski definition) is 2. The van der Waals surface area contributed by atoms with Crippen LogP contribution in [-0.2, 0) is 0 Å². The van der Waals surface area contributed by atoms with Crippen LogP contribution in [0.2, 0.25) is 0 Å². The Hall–Kier alpha value is -0.440. The summed E-state index contributed by atoms with van der Waals surface area (Å²) in [5.74, 6) is -0.444. The average molecular weight is 267 g/mol. The van der Waals surface area contributed by atoms with Crippen molar-refractivity contribution in [3.8, 4) is 0 Å². The van der Waals surface area contributed by atoms with Crippen LogP contribution in [0.15, 0.2) is 24.3 Å². The zero-order valence-electron chi connectivity index (χ0n) is 8.01. The molecule has 1 unspecified atom stereocenters. The Kier molecular flexibility index (Phi) is 3.87. The number of Topliss-reactive ketones (excluding diaryl/α,β-unsaturated/α-hetero) is 1. The average Bonchev–Trinajstić information content (AvgIpc) is 2.16. The van der Waals surface area contributed by atoms with Crippen molar-refractivity contribution in [3.05, 3.63) is 29.8 Å². The summed E-state index contributed by atoms with van der Waals surface area (Å²) in [6, 6.07) is 6.44. The maximum Gasteiger partial charge on any atom is 0.200 e. The largest absolute Gasteiger partial charge is 0.399 e. The highest BCUT2D eigenvalue weighted by molar-refractivity contribution is 6.63. The van der Waals surface area contributed by atoms with Crippen molar-refractivity contribution in [3.63, 3.8) is 0 Å². The zero-order valence-corrected chi connectivity index (χ0v) is 10.3. The summed E-state index contributed by atoms with van der Waals surface area (Å²) in [6.07, 6.45) is 0. The molecule has 5 heteroatoms. The number of anilines is 1. The van der Waals surface area contributed by atoms with Gasteiger partial charge >= 0.3 is 0 Å². The normalized spacial score (nSPS) is 13.6. The number of ketones is 1. The van der Waals surface area contributed by atoms with Gasteiger partial charge in [0.25, 0.3) is 0 Å². The molecule has 1 aromatic carbocycles. The van der Waals surface area contributed by atoms with Crippen LogP contribution in [0.3, 0.4) is 0 Å². The number of rotatable bonds is 3. The number of alkyl halides is 3. The summed E-state index contributed by atoms with van der Waals surface area (Å²) in [5.41, 5.74) is 6.38. The Morgan fingerprint density at radius 3 is 2.53 bits per heavy atom. The minimum atomic E-state index is -1.63. The second kappa shape index (κ2) is 4.60. The molecular formula is C10H10Cl3NO. The molecular weight excluding hydrogens is 256 g/mol. The van der Waals surface area contributed by atoms with E-state index < -0.39 is 15.5 Å². The molecule has 1 atom stereocenters. The topological polar surface area (TPSA) is 43.1 Å². The van der Waals surface area contributed by atoms with Gasteiger partial charge in [-0.15, -0.1) is 11.6 Å². The van der Waals surface area contributed by atoms with E-state index in [2.05, 4.69) is 0 Å². The lowest BCUT2D eigenvalue weighted by Gasteiger charge is -2.20. The van der Waals surface area contributed by atoms with Crippen LogP contribution in [0.4, 0.5) is 5.69 Å². The fourth-order valence-electron chi connectivity index (χ4n) is 1.05. The summed E-state index contributed by atoms with van der Waals surface area (Å²) < 4.78 is -1.63. The maximum atomic E-state index is 11.9. The highest BCUT2D eigenvalue weighted by Gasteiger charge is 2.39. The molecule has 0 fully saturated rings. The van der Waals surface area contributed by atoms with Gasteiger partial charge in [0.15, 0.2) is 10.1 Å². The second-order valence-electron chi connectivity index (χ2n) is 3.19. The first-order valence-corrected chi connectivity index (χ1v) is 5.47. The minimum absolute atomic E-state index is 0.354. The van der Waals surface area contributed by atoms with Crippen molar-refractivity contribution in [2.45, 2.75) is 16.6 Å². The summed E-state index contributed by atoms with van der Waals surface area (Å²) in [4.78, 5) is 11.9. The van der Waals surface area contributed by atoms with Gasteiger partial charge in [0, 0.05) is 11.3 Å². The quantitative estimate of drug-likeness (QED) is 0.518. The molecule has 1 aromatic rings. The molecule has 0 saturated heterocycles. The van der Waals surface area contributed by atoms with Crippen molar-refractivity contribution < 1.29 is 4.79 Å². The molecule has 0 heterocycles. The third-order valence-corrected chi connectivity index (χ3v) is 3.50. The molecule has 0 aliphatic rings. The molecule has 0 aromatic heterocycles. The maximum absolute atomic E-state index is 11.9. The van der Waals surface area contributed by atoms with Gasteiger partial charge in [0.05, 0.1) is 5.38 Å². The number of carbonyl (C=O) groups excluding carboxylic acids is 1. The number of nitrogens with two attached hydrogens (primary N) is 1. The number of hydrogen-bond donors (Lipinski definition) is 1. The molecule has 82 valence electrons. The van der Waals surface area contributed by atoms with Crippen LogP contribution < -0.4 is 5.73 Å². The second-order valence-corrected chi connectivity index (χ2v) is 5.23. The third-order valence-electron chi connectivity index (χ3n) is 1.95. The van der Waals surface area contributed by atoms with E-state index >= 15 is 0 Å². The molecule has 2 nitrogen and oxygen atoms in total. The van der Waals surface area contributed by atoms with E-state index in [4.69, 9.17) is 40.5 Å². The van der Waals surface area contributed by atoms with Crippen LogP contribution in [0.25, 0.3) is 0 Å². The summed E-state index contributed by atoms with van der Waals surface area (Å²) in [5, 5.41) is -0.685. The van der Waals surface area contributed by atoms with Crippen LogP contribution in [0.1, 0.15) is 17.3 Å². The lowest BCUT2D eigenvalue weighted by molar-refractivity contribution is 0.0972. The lowest BCUT2D eigenvalue weighted by atomic mass is 10.1. The molecule has 0 saturated carbocycles. The Morgan fingerprint density at radius 2 is 2.07 bits per heavy atom. The van der Waals surface area contributed by atoms with E-state index in [1.807, 2.05) is 0 Å². The van der Waals surface area contributed by atoms with E-state index in [0.717, 1.165) is 0 Å². The molecule has 15 heavy (non-hydrogen) atoms. The highest BCUT2D eigenvalue weighted by atomic mass is 35.5. The highest BCUT2D eigenvalue weighted by Crippen LogP contribution is 2.33. The molecule has 1 rings (SSSR count). The SMILES string of the molecule is CC(Cl)C(Cl)(Cl)C(=O)c1cccc(N)c1. The van der Waals surface area contributed by atoms with E-state index in [1.165, 1.54) is 6.07 Å². The van der Waals surface area contributed by atoms with Gasteiger partial charge in [-0.3, -0.25) is 4.79 Å². The van der Waals surface area contributed by atoms with Gasteiger partial charge in [-0.25, -0.2) is 0 Å². The molecule has 0 aliphatic carbocycles. The van der Waals surface area contributed by atoms with Crippen LogP contribution >= 0.6 is 34.8 Å². The summed E-state index contributed by atoms with van der Waals surface area (Å²) >= 11 is 17.4. The fraction of sp³-hybridized carbons (Fsp3) is 0.300. The Morgan fingerprint density at radius 1 is 1.47 bits per heavy atom. The van der Waals surface area contributed by atoms with Crippen molar-refractivity contribution >= 4 is 46.3 Å². The number of halogens is 3. The predicted octanol–water partition coefficient (Wildman–Crippen LogP) is 3.25. The van der Waals surface area contributed by atoms with Crippen LogP contribution in [0, 0.1) is 0 Å². The minimum Gasteiger partial charge on any atom is -0.399 e. The first-order chi connectivity index (χ1) is 6.85. The Balaban J connectivity index is 3.05. The van der Waals surface area contributed by atoms with Crippen LogP contribution in [0.5, 0.6) is 0 Å². The van der Waals surface area contributed by atoms with Gasteiger partial charge < -0.3 is 5.73 Å². The molecule has 0 spiro atoms. The van der Waals surface area contributed by atoms with Gasteiger partial charge in [-0.2, -0.15) is 0 Å². The first kappa shape index (κ1) is 12.6. The third kappa shape index (κ3) is 2.77. The number of carbonyl (C=O) groups is 1. The van der Waals surface area contributed by atoms with Gasteiger partial charge in [0.1, 0.15) is 0 Å². The zero-order chi connectivity index (χ0) is 11.6. The lowest BCUT2D eigenvalue weighted by Crippen LogP contribution is -2.34. The van der Waals surface area contributed by atoms with Crippen molar-refractivity contribution in [2.24, 2.45) is 0 Å². The van der Waals surface area contributed by atoms with E-state index in [-0.39, 0.29) is 0 Å². The predicted molar refractivity (Wildman–Crippen MR) is 64.9 cm³/mol. The van der Waals surface area contributed by atoms with E-state index in [1.54, 1.807) is 25.1 Å². The molecule has 2 N–H and O–H groups in total. The molecule has 0 amide bonds. The summed E-state index contributed by atoms with van der Waals surface area (Å²) in [7, 11) is 0. The Bertz CT molecular complexity index is 377. The van der Waals surface area contributed by atoms with Crippen molar-refractivity contribution in [2.75, 3.05) is 5.73 Å².